The molecule has 156 valence electrons. The third-order valence-electron chi connectivity index (χ3n) is 4.90. The molecule has 0 aliphatic rings. The van der Waals surface area contributed by atoms with Crippen LogP contribution in [0.4, 0.5) is 0 Å². The molecular formula is C25H24N4O2. The second kappa shape index (κ2) is 8.44. The van der Waals surface area contributed by atoms with Gasteiger partial charge in [-0.1, -0.05) is 51.1 Å². The van der Waals surface area contributed by atoms with Crippen LogP contribution < -0.4 is 5.43 Å². The molecule has 0 atom stereocenters. The van der Waals surface area contributed by atoms with Gasteiger partial charge in [-0.05, 0) is 47.4 Å². The first kappa shape index (κ1) is 20.3. The SMILES string of the molecule is CC(C)(C)c1ccc(C(=O)N/N=C/c2cn(-c3ccccc3)nc2-c2ccco2)cc1. The minimum absolute atomic E-state index is 0.0360. The first-order valence-corrected chi connectivity index (χ1v) is 10.0. The standard InChI is InChI=1S/C25H24N4O2/c1-25(2,3)20-13-11-18(12-14-20)24(30)27-26-16-19-17-29(21-8-5-4-6-9-21)28-23(19)22-10-7-15-31-22/h4-17H,1-3H3,(H,27,30)/b26-16+. The maximum Gasteiger partial charge on any atom is 0.271 e. The molecule has 0 aliphatic heterocycles. The van der Waals surface area contributed by atoms with Crippen LogP contribution in [0.5, 0.6) is 0 Å². The lowest BCUT2D eigenvalue weighted by Crippen LogP contribution is -2.18. The summed E-state index contributed by atoms with van der Waals surface area (Å²) in [5, 5.41) is 8.78. The molecular weight excluding hydrogens is 388 g/mol. The van der Waals surface area contributed by atoms with E-state index < -0.39 is 0 Å². The number of para-hydroxylation sites is 1. The molecule has 0 aliphatic carbocycles. The van der Waals surface area contributed by atoms with E-state index in [9.17, 15) is 4.79 Å². The molecule has 0 radical (unpaired) electrons. The Morgan fingerprint density at radius 1 is 1.03 bits per heavy atom. The van der Waals surface area contributed by atoms with E-state index in [-0.39, 0.29) is 11.3 Å². The van der Waals surface area contributed by atoms with E-state index in [4.69, 9.17) is 4.42 Å². The van der Waals surface area contributed by atoms with E-state index in [1.54, 1.807) is 23.2 Å². The van der Waals surface area contributed by atoms with Gasteiger partial charge in [-0.3, -0.25) is 4.79 Å². The third-order valence-corrected chi connectivity index (χ3v) is 4.90. The molecule has 31 heavy (non-hydrogen) atoms. The summed E-state index contributed by atoms with van der Waals surface area (Å²) in [7, 11) is 0. The monoisotopic (exact) mass is 412 g/mol. The Morgan fingerprint density at radius 2 is 1.77 bits per heavy atom. The van der Waals surface area contributed by atoms with Gasteiger partial charge < -0.3 is 4.42 Å². The molecule has 0 unspecified atom stereocenters. The molecule has 2 heterocycles. The molecule has 0 spiro atoms. The number of hydrogen-bond acceptors (Lipinski definition) is 4. The number of furan rings is 1. The number of benzene rings is 2. The average Bonchev–Trinajstić information content (AvgIpc) is 3.44. The summed E-state index contributed by atoms with van der Waals surface area (Å²) < 4.78 is 7.28. The minimum atomic E-state index is -0.272. The maximum absolute atomic E-state index is 12.5. The van der Waals surface area contributed by atoms with E-state index >= 15 is 0 Å². The average molecular weight is 412 g/mol. The summed E-state index contributed by atoms with van der Waals surface area (Å²) in [6, 6.07) is 21.0. The Kier molecular flexibility index (Phi) is 5.54. The minimum Gasteiger partial charge on any atom is -0.463 e. The number of nitrogens with one attached hydrogen (secondary N) is 1. The summed E-state index contributed by atoms with van der Waals surface area (Å²) in [5.41, 5.74) is 6.63. The largest absolute Gasteiger partial charge is 0.463 e. The van der Waals surface area contributed by atoms with Crippen LogP contribution >= 0.6 is 0 Å². The quantitative estimate of drug-likeness (QED) is 0.362. The van der Waals surface area contributed by atoms with Crippen LogP contribution in [0, 0.1) is 0 Å². The predicted octanol–water partition coefficient (Wildman–Crippen LogP) is 5.19. The van der Waals surface area contributed by atoms with Gasteiger partial charge in [0.25, 0.3) is 5.91 Å². The van der Waals surface area contributed by atoms with Gasteiger partial charge in [0.2, 0.25) is 0 Å². The van der Waals surface area contributed by atoms with Crippen molar-refractivity contribution in [3.63, 3.8) is 0 Å². The molecule has 0 bridgehead atoms. The number of hydrogen-bond donors (Lipinski definition) is 1. The van der Waals surface area contributed by atoms with Crippen LogP contribution in [0.25, 0.3) is 17.1 Å². The van der Waals surface area contributed by atoms with Gasteiger partial charge in [-0.15, -0.1) is 0 Å². The van der Waals surface area contributed by atoms with Crippen molar-refractivity contribution < 1.29 is 9.21 Å². The van der Waals surface area contributed by atoms with Crippen LogP contribution in [0.2, 0.25) is 0 Å². The smallest absolute Gasteiger partial charge is 0.271 e. The molecule has 0 fully saturated rings. The maximum atomic E-state index is 12.5. The third kappa shape index (κ3) is 4.64. The van der Waals surface area contributed by atoms with Gasteiger partial charge in [-0.2, -0.15) is 10.2 Å². The molecule has 0 saturated carbocycles. The Balaban J connectivity index is 1.54. The summed E-state index contributed by atoms with van der Waals surface area (Å²) in [5.74, 6) is 0.354. The van der Waals surface area contributed by atoms with Crippen LogP contribution in [0.15, 0.2) is 88.7 Å². The number of amides is 1. The summed E-state index contributed by atoms with van der Waals surface area (Å²) in [4.78, 5) is 12.5. The van der Waals surface area contributed by atoms with Crippen LogP contribution in [0.1, 0.15) is 42.3 Å². The van der Waals surface area contributed by atoms with E-state index in [1.165, 1.54) is 5.56 Å². The number of aromatic nitrogens is 2. The van der Waals surface area contributed by atoms with Gasteiger partial charge in [0, 0.05) is 17.3 Å². The predicted molar refractivity (Wildman–Crippen MR) is 121 cm³/mol. The molecule has 0 saturated heterocycles. The number of hydrazone groups is 1. The molecule has 4 rings (SSSR count). The molecule has 6 nitrogen and oxygen atoms in total. The molecule has 6 heteroatoms. The van der Waals surface area contributed by atoms with Crippen molar-refractivity contribution in [3.05, 3.63) is 95.9 Å². The first-order chi connectivity index (χ1) is 14.9. The van der Waals surface area contributed by atoms with Crippen molar-refractivity contribution in [2.45, 2.75) is 26.2 Å². The van der Waals surface area contributed by atoms with Crippen LogP contribution in [-0.2, 0) is 5.41 Å². The summed E-state index contributed by atoms with van der Waals surface area (Å²) in [6.45, 7) is 6.41. The second-order valence-electron chi connectivity index (χ2n) is 8.22. The Hall–Kier alpha value is -3.93. The fourth-order valence-electron chi connectivity index (χ4n) is 3.15. The molecule has 1 amide bonds. The molecule has 1 N–H and O–H groups in total. The second-order valence-corrected chi connectivity index (χ2v) is 8.22. The molecule has 4 aromatic rings. The summed E-state index contributed by atoms with van der Waals surface area (Å²) in [6.07, 6.45) is 5.02. The normalized spacial score (nSPS) is 11.7. The fraction of sp³-hybridized carbons (Fsp3) is 0.160. The van der Waals surface area contributed by atoms with Crippen molar-refractivity contribution in [3.8, 4) is 17.1 Å². The topological polar surface area (TPSA) is 72.4 Å². The van der Waals surface area contributed by atoms with E-state index in [0.29, 0.717) is 17.0 Å². The fourth-order valence-corrected chi connectivity index (χ4v) is 3.15. The van der Waals surface area contributed by atoms with E-state index in [1.807, 2.05) is 66.9 Å². The van der Waals surface area contributed by atoms with E-state index in [2.05, 4.69) is 36.4 Å². The van der Waals surface area contributed by atoms with Crippen molar-refractivity contribution in [2.24, 2.45) is 5.10 Å². The van der Waals surface area contributed by atoms with E-state index in [0.717, 1.165) is 11.3 Å². The number of rotatable bonds is 5. The molecule has 2 aromatic heterocycles. The van der Waals surface area contributed by atoms with Gasteiger partial charge >= 0.3 is 0 Å². The Morgan fingerprint density at radius 3 is 2.42 bits per heavy atom. The van der Waals surface area contributed by atoms with Gasteiger partial charge in [0.15, 0.2) is 5.76 Å². The number of carbonyl (C=O) groups excluding carboxylic acids is 1. The van der Waals surface area contributed by atoms with Crippen molar-refractivity contribution in [2.75, 3.05) is 0 Å². The highest BCUT2D eigenvalue weighted by molar-refractivity contribution is 5.95. The Bertz CT molecular complexity index is 1180. The van der Waals surface area contributed by atoms with Crippen molar-refractivity contribution in [1.29, 1.82) is 0 Å². The zero-order valence-corrected chi connectivity index (χ0v) is 17.7. The lowest BCUT2D eigenvalue weighted by atomic mass is 9.87. The lowest BCUT2D eigenvalue weighted by molar-refractivity contribution is 0.0955. The van der Waals surface area contributed by atoms with Gasteiger partial charge in [0.1, 0.15) is 5.69 Å². The molecule has 2 aromatic carbocycles. The van der Waals surface area contributed by atoms with Crippen molar-refractivity contribution >= 4 is 12.1 Å². The summed E-state index contributed by atoms with van der Waals surface area (Å²) >= 11 is 0. The van der Waals surface area contributed by atoms with Gasteiger partial charge in [0.05, 0.1) is 18.2 Å². The zero-order chi connectivity index (χ0) is 21.8. The van der Waals surface area contributed by atoms with Gasteiger partial charge in [-0.25, -0.2) is 10.1 Å². The van der Waals surface area contributed by atoms with Crippen molar-refractivity contribution in [1.82, 2.24) is 15.2 Å². The first-order valence-electron chi connectivity index (χ1n) is 10.0. The highest BCUT2D eigenvalue weighted by atomic mass is 16.3. The number of carbonyl (C=O) groups is 1. The highest BCUT2D eigenvalue weighted by Gasteiger charge is 2.15. The van der Waals surface area contributed by atoms with Crippen LogP contribution in [0.3, 0.4) is 0 Å². The zero-order valence-electron chi connectivity index (χ0n) is 17.7. The lowest BCUT2D eigenvalue weighted by Gasteiger charge is -2.18. The van der Waals surface area contributed by atoms with Crippen LogP contribution in [-0.4, -0.2) is 21.9 Å². The highest BCUT2D eigenvalue weighted by Crippen LogP contribution is 2.23. The Labute approximate surface area is 181 Å². The number of nitrogens with zero attached hydrogens (tertiary/aromatic N) is 3.